The van der Waals surface area contributed by atoms with E-state index in [4.69, 9.17) is 0 Å². The molecule has 4 aromatic rings. The summed E-state index contributed by atoms with van der Waals surface area (Å²) in [5, 5.41) is 4.74. The van der Waals surface area contributed by atoms with Gasteiger partial charge in [-0.05, 0) is 36.9 Å². The quantitative estimate of drug-likeness (QED) is 0.312. The summed E-state index contributed by atoms with van der Waals surface area (Å²) in [6.45, 7) is 3.33. The van der Waals surface area contributed by atoms with Gasteiger partial charge in [0, 0.05) is 41.4 Å². The molecule has 136 valence electrons. The van der Waals surface area contributed by atoms with Crippen LogP contribution in [0, 0.1) is 6.92 Å². The fraction of sp³-hybridized carbons (Fsp3) is 0.182. The summed E-state index contributed by atoms with van der Waals surface area (Å²) in [5.41, 5.74) is 3.65. The molecular formula is C22H21N3O2. The summed E-state index contributed by atoms with van der Waals surface area (Å²) in [5.74, 6) is -1.07. The van der Waals surface area contributed by atoms with E-state index in [2.05, 4.69) is 40.0 Å². The minimum Gasteiger partial charge on any atom is -0.360 e. The zero-order chi connectivity index (χ0) is 18.8. The van der Waals surface area contributed by atoms with Gasteiger partial charge in [-0.3, -0.25) is 9.59 Å². The number of Topliss-reactive ketones (excluding diaryl/α,β-unsaturated/α-hetero) is 1. The molecule has 0 bridgehead atoms. The molecule has 2 N–H and O–H groups in total. The van der Waals surface area contributed by atoms with Crippen LogP contribution in [0.25, 0.3) is 21.8 Å². The molecule has 0 unspecified atom stereocenters. The molecule has 0 saturated carbocycles. The predicted molar refractivity (Wildman–Crippen MR) is 107 cm³/mol. The number of rotatable bonds is 6. The number of benzene rings is 2. The highest BCUT2D eigenvalue weighted by atomic mass is 16.2. The van der Waals surface area contributed by atoms with Crippen molar-refractivity contribution in [3.05, 3.63) is 72.1 Å². The van der Waals surface area contributed by atoms with Crippen molar-refractivity contribution < 1.29 is 9.59 Å². The van der Waals surface area contributed by atoms with E-state index in [0.29, 0.717) is 12.1 Å². The standard InChI is InChI=1S/C22H21N3O2/c1-15-13-16-7-2-5-10-20(16)25(15)12-6-11-23-22(27)21(26)18-14-24-19-9-4-3-8-17(18)19/h2-5,7-10,13-14,24H,6,11-12H2,1H3,(H,23,27). The van der Waals surface area contributed by atoms with Crippen LogP contribution in [0.5, 0.6) is 0 Å². The van der Waals surface area contributed by atoms with Gasteiger partial charge in [0.15, 0.2) is 0 Å². The smallest absolute Gasteiger partial charge is 0.292 e. The van der Waals surface area contributed by atoms with Crippen LogP contribution >= 0.6 is 0 Å². The maximum absolute atomic E-state index is 12.4. The molecule has 0 aliphatic carbocycles. The zero-order valence-electron chi connectivity index (χ0n) is 15.2. The number of hydrogen-bond donors (Lipinski definition) is 2. The monoisotopic (exact) mass is 359 g/mol. The molecule has 0 spiro atoms. The third-order valence-corrected chi connectivity index (χ3v) is 4.90. The third-order valence-electron chi connectivity index (χ3n) is 4.90. The normalized spacial score (nSPS) is 11.1. The molecule has 2 heterocycles. The molecule has 0 aliphatic heterocycles. The second-order valence-corrected chi connectivity index (χ2v) is 6.68. The van der Waals surface area contributed by atoms with Crippen molar-refractivity contribution in [3.8, 4) is 0 Å². The molecule has 1 amide bonds. The van der Waals surface area contributed by atoms with Crippen LogP contribution in [0.4, 0.5) is 0 Å². The minimum absolute atomic E-state index is 0.412. The summed E-state index contributed by atoms with van der Waals surface area (Å²) in [6.07, 6.45) is 2.36. The number of ketones is 1. The van der Waals surface area contributed by atoms with Crippen molar-refractivity contribution in [1.82, 2.24) is 14.9 Å². The molecular weight excluding hydrogens is 338 g/mol. The Labute approximate surface area is 157 Å². The average molecular weight is 359 g/mol. The lowest BCUT2D eigenvalue weighted by Crippen LogP contribution is -2.32. The number of fused-ring (bicyclic) bond motifs is 2. The van der Waals surface area contributed by atoms with Crippen molar-refractivity contribution in [1.29, 1.82) is 0 Å². The fourth-order valence-corrected chi connectivity index (χ4v) is 3.55. The highest BCUT2D eigenvalue weighted by Crippen LogP contribution is 2.20. The van der Waals surface area contributed by atoms with Crippen molar-refractivity contribution in [2.24, 2.45) is 0 Å². The Kier molecular flexibility index (Phi) is 4.50. The van der Waals surface area contributed by atoms with Gasteiger partial charge in [-0.2, -0.15) is 0 Å². The molecule has 0 saturated heterocycles. The SMILES string of the molecule is Cc1cc2ccccc2n1CCCNC(=O)C(=O)c1c[nH]c2ccccc12. The number of hydrogen-bond acceptors (Lipinski definition) is 2. The van der Waals surface area contributed by atoms with E-state index in [9.17, 15) is 9.59 Å². The molecule has 0 radical (unpaired) electrons. The van der Waals surface area contributed by atoms with Gasteiger partial charge in [0.25, 0.3) is 11.7 Å². The number of para-hydroxylation sites is 2. The van der Waals surface area contributed by atoms with Crippen molar-refractivity contribution in [2.45, 2.75) is 19.9 Å². The van der Waals surface area contributed by atoms with Crippen LogP contribution in [0.15, 0.2) is 60.8 Å². The summed E-state index contributed by atoms with van der Waals surface area (Å²) in [4.78, 5) is 27.7. The molecule has 5 nitrogen and oxygen atoms in total. The van der Waals surface area contributed by atoms with Crippen molar-refractivity contribution in [2.75, 3.05) is 6.54 Å². The summed E-state index contributed by atoms with van der Waals surface area (Å²) in [6, 6.07) is 17.9. The molecule has 0 aliphatic rings. The number of aryl methyl sites for hydroxylation is 2. The maximum Gasteiger partial charge on any atom is 0.292 e. The molecule has 5 heteroatoms. The lowest BCUT2D eigenvalue weighted by atomic mass is 10.1. The second-order valence-electron chi connectivity index (χ2n) is 6.68. The van der Waals surface area contributed by atoms with E-state index in [1.165, 1.54) is 16.6 Å². The first kappa shape index (κ1) is 17.1. The number of nitrogens with one attached hydrogen (secondary N) is 2. The first-order valence-electron chi connectivity index (χ1n) is 9.08. The van der Waals surface area contributed by atoms with Crippen LogP contribution < -0.4 is 5.32 Å². The number of aromatic amines is 1. The third kappa shape index (κ3) is 3.24. The Bertz CT molecular complexity index is 1140. The molecule has 2 aromatic heterocycles. The number of nitrogens with zero attached hydrogens (tertiary/aromatic N) is 1. The van der Waals surface area contributed by atoms with Crippen LogP contribution in [0.2, 0.25) is 0 Å². The zero-order valence-corrected chi connectivity index (χ0v) is 15.2. The van der Waals surface area contributed by atoms with Gasteiger partial charge in [-0.25, -0.2) is 0 Å². The van der Waals surface area contributed by atoms with Gasteiger partial charge in [-0.1, -0.05) is 36.4 Å². The topological polar surface area (TPSA) is 66.9 Å². The maximum atomic E-state index is 12.4. The highest BCUT2D eigenvalue weighted by Gasteiger charge is 2.19. The lowest BCUT2D eigenvalue weighted by molar-refractivity contribution is -0.117. The fourth-order valence-electron chi connectivity index (χ4n) is 3.55. The lowest BCUT2D eigenvalue weighted by Gasteiger charge is -2.09. The van der Waals surface area contributed by atoms with E-state index < -0.39 is 11.7 Å². The minimum atomic E-state index is -0.561. The highest BCUT2D eigenvalue weighted by molar-refractivity contribution is 6.44. The van der Waals surface area contributed by atoms with E-state index in [1.807, 2.05) is 36.4 Å². The Morgan fingerprint density at radius 2 is 1.85 bits per heavy atom. The van der Waals surface area contributed by atoms with Gasteiger partial charge in [0.2, 0.25) is 0 Å². The summed E-state index contributed by atoms with van der Waals surface area (Å²) < 4.78 is 2.24. The molecule has 0 fully saturated rings. The van der Waals surface area contributed by atoms with E-state index in [0.717, 1.165) is 23.9 Å². The van der Waals surface area contributed by atoms with Crippen LogP contribution in [0.3, 0.4) is 0 Å². The first-order valence-corrected chi connectivity index (χ1v) is 9.08. The average Bonchev–Trinajstić information content (AvgIpc) is 3.25. The van der Waals surface area contributed by atoms with Crippen molar-refractivity contribution >= 4 is 33.5 Å². The molecule has 0 atom stereocenters. The molecule has 4 rings (SSSR count). The Morgan fingerprint density at radius 1 is 1.07 bits per heavy atom. The summed E-state index contributed by atoms with van der Waals surface area (Å²) >= 11 is 0. The van der Waals surface area contributed by atoms with Crippen LogP contribution in [-0.4, -0.2) is 27.8 Å². The van der Waals surface area contributed by atoms with E-state index >= 15 is 0 Å². The van der Waals surface area contributed by atoms with Gasteiger partial charge in [0.05, 0.1) is 5.56 Å². The Hall–Kier alpha value is -3.34. The summed E-state index contributed by atoms with van der Waals surface area (Å²) in [7, 11) is 0. The Balaban J connectivity index is 1.37. The number of carbonyl (C=O) groups is 2. The van der Waals surface area contributed by atoms with Gasteiger partial charge in [0.1, 0.15) is 0 Å². The van der Waals surface area contributed by atoms with E-state index in [-0.39, 0.29) is 0 Å². The van der Waals surface area contributed by atoms with Gasteiger partial charge >= 0.3 is 0 Å². The number of amides is 1. The van der Waals surface area contributed by atoms with Crippen molar-refractivity contribution in [3.63, 3.8) is 0 Å². The second kappa shape index (κ2) is 7.11. The van der Waals surface area contributed by atoms with Gasteiger partial charge in [-0.15, -0.1) is 0 Å². The number of aromatic nitrogens is 2. The molecule has 27 heavy (non-hydrogen) atoms. The Morgan fingerprint density at radius 3 is 2.74 bits per heavy atom. The van der Waals surface area contributed by atoms with Gasteiger partial charge < -0.3 is 14.9 Å². The molecule has 2 aromatic carbocycles. The first-order chi connectivity index (χ1) is 13.1. The largest absolute Gasteiger partial charge is 0.360 e. The number of carbonyl (C=O) groups excluding carboxylic acids is 2. The van der Waals surface area contributed by atoms with Crippen LogP contribution in [0.1, 0.15) is 22.5 Å². The predicted octanol–water partition coefficient (Wildman–Crippen LogP) is 3.82. The van der Waals surface area contributed by atoms with E-state index in [1.54, 1.807) is 6.20 Å². The van der Waals surface area contributed by atoms with Crippen LogP contribution in [-0.2, 0) is 11.3 Å². The number of H-pyrrole nitrogens is 1.